The second kappa shape index (κ2) is 16.5. The van der Waals surface area contributed by atoms with Crippen LogP contribution in [-0.4, -0.2) is 26.0 Å². The summed E-state index contributed by atoms with van der Waals surface area (Å²) < 4.78 is 11.8. The molecule has 0 bridgehead atoms. The van der Waals surface area contributed by atoms with E-state index in [-0.39, 0.29) is 0 Å². The van der Waals surface area contributed by atoms with E-state index in [1.807, 2.05) is 0 Å². The molecule has 0 saturated heterocycles. The summed E-state index contributed by atoms with van der Waals surface area (Å²) in [7, 11) is -0.396. The van der Waals surface area contributed by atoms with Gasteiger partial charge in [0.15, 0.2) is 0 Å². The summed E-state index contributed by atoms with van der Waals surface area (Å²) in [4.78, 5) is 0. The highest BCUT2D eigenvalue weighted by Gasteiger charge is 2.13. The number of aryl methyl sites for hydroxylation is 1. The van der Waals surface area contributed by atoms with E-state index in [1.165, 1.54) is 67.5 Å². The van der Waals surface area contributed by atoms with Gasteiger partial charge in [-0.2, -0.15) is 0 Å². The van der Waals surface area contributed by atoms with Crippen molar-refractivity contribution in [1.29, 1.82) is 0 Å². The minimum Gasteiger partial charge on any atom is -0.491 e. The Bertz CT molecular complexity index is 841. The number of ether oxygens (including phenoxy) is 2. The Kier molecular flexibility index (Phi) is 12.8. The molecule has 0 fully saturated rings. The zero-order chi connectivity index (χ0) is 23.7. The molecule has 0 aromatic heterocycles. The molecule has 3 rings (SSSR count). The minimum absolute atomic E-state index is 0.396. The van der Waals surface area contributed by atoms with Crippen LogP contribution in [0.25, 0.3) is 0 Å². The highest BCUT2D eigenvalue weighted by Crippen LogP contribution is 2.32. The first-order valence-corrected chi connectivity index (χ1v) is 14.6. The number of hydrogen-bond donors (Lipinski definition) is 0. The zero-order valence-electron chi connectivity index (χ0n) is 20.8. The van der Waals surface area contributed by atoms with Gasteiger partial charge in [0.1, 0.15) is 12.4 Å². The largest absolute Gasteiger partial charge is 0.491 e. The van der Waals surface area contributed by atoms with Crippen molar-refractivity contribution >= 4 is 18.5 Å². The van der Waals surface area contributed by atoms with Gasteiger partial charge in [0.05, 0.1) is 13.2 Å². The lowest BCUT2D eigenvalue weighted by Crippen LogP contribution is -2.17. The van der Waals surface area contributed by atoms with Gasteiger partial charge >= 0.3 is 0 Å². The predicted molar refractivity (Wildman–Crippen MR) is 148 cm³/mol. The van der Waals surface area contributed by atoms with Gasteiger partial charge in [-0.15, -0.1) is 0 Å². The maximum Gasteiger partial charge on any atom is 0.119 e. The molecular weight excluding hydrogens is 435 g/mol. The molecule has 0 aliphatic heterocycles. The van der Waals surface area contributed by atoms with Crippen LogP contribution in [0.4, 0.5) is 0 Å². The van der Waals surface area contributed by atoms with Crippen LogP contribution in [0.3, 0.4) is 0 Å². The maximum absolute atomic E-state index is 5.94. The average molecular weight is 477 g/mol. The van der Waals surface area contributed by atoms with Gasteiger partial charge < -0.3 is 9.47 Å². The van der Waals surface area contributed by atoms with Crippen molar-refractivity contribution in [2.45, 2.75) is 58.3 Å². The molecule has 3 aromatic carbocycles. The molecule has 0 amide bonds. The molecule has 2 nitrogen and oxygen atoms in total. The van der Waals surface area contributed by atoms with Crippen LogP contribution in [0.1, 0.15) is 57.4 Å². The Morgan fingerprint density at radius 2 is 1.18 bits per heavy atom. The van der Waals surface area contributed by atoms with E-state index in [1.54, 1.807) is 0 Å². The van der Waals surface area contributed by atoms with E-state index < -0.39 is 7.92 Å². The summed E-state index contributed by atoms with van der Waals surface area (Å²) in [5.41, 5.74) is 1.41. The molecule has 0 heterocycles. The fraction of sp³-hybridized carbons (Fsp3) is 0.419. The Balaban J connectivity index is 1.31. The van der Waals surface area contributed by atoms with Gasteiger partial charge in [-0.05, 0) is 55.2 Å². The lowest BCUT2D eigenvalue weighted by Gasteiger charge is -2.18. The topological polar surface area (TPSA) is 18.5 Å². The second-order valence-corrected chi connectivity index (χ2v) is 11.1. The van der Waals surface area contributed by atoms with Crippen LogP contribution in [0.5, 0.6) is 5.75 Å². The molecule has 3 heteroatoms. The summed E-state index contributed by atoms with van der Waals surface area (Å²) in [5.74, 6) is 0.933. The van der Waals surface area contributed by atoms with Crippen LogP contribution in [-0.2, 0) is 11.2 Å². The summed E-state index contributed by atoms with van der Waals surface area (Å²) in [6, 6.07) is 30.2. The standard InChI is InChI=1S/C31H41O2P/c1-2-3-4-5-6-7-10-15-28-20-22-29(23-21-28)33-25-24-32-26-27-34(30-16-11-8-12-17-30)31-18-13-9-14-19-31/h8-9,11-14,16-23H,2-7,10,15,24-27H2,1H3. The highest BCUT2D eigenvalue weighted by atomic mass is 31.1. The lowest BCUT2D eigenvalue weighted by molar-refractivity contribution is 0.112. The third-order valence-electron chi connectivity index (χ3n) is 6.08. The van der Waals surface area contributed by atoms with Gasteiger partial charge in [0, 0.05) is 0 Å². The second-order valence-electron chi connectivity index (χ2n) is 8.80. The summed E-state index contributed by atoms with van der Waals surface area (Å²) in [5, 5.41) is 2.81. The normalized spacial score (nSPS) is 11.1. The number of benzene rings is 3. The molecule has 0 unspecified atom stereocenters. The van der Waals surface area contributed by atoms with Gasteiger partial charge in [0.25, 0.3) is 0 Å². The maximum atomic E-state index is 5.94. The van der Waals surface area contributed by atoms with Gasteiger partial charge in [-0.25, -0.2) is 0 Å². The highest BCUT2D eigenvalue weighted by molar-refractivity contribution is 7.73. The van der Waals surface area contributed by atoms with E-state index in [0.29, 0.717) is 13.2 Å². The Morgan fingerprint density at radius 3 is 1.79 bits per heavy atom. The van der Waals surface area contributed by atoms with Crippen LogP contribution < -0.4 is 15.3 Å². The quantitative estimate of drug-likeness (QED) is 0.148. The third kappa shape index (κ3) is 10.00. The fourth-order valence-electron chi connectivity index (χ4n) is 4.14. The van der Waals surface area contributed by atoms with Crippen molar-refractivity contribution in [2.24, 2.45) is 0 Å². The molecule has 182 valence electrons. The fourth-order valence-corrected chi connectivity index (χ4v) is 6.33. The summed E-state index contributed by atoms with van der Waals surface area (Å²) in [6.07, 6.45) is 11.7. The van der Waals surface area contributed by atoms with E-state index >= 15 is 0 Å². The first-order valence-electron chi connectivity index (χ1n) is 13.0. The van der Waals surface area contributed by atoms with E-state index in [0.717, 1.165) is 18.5 Å². The Labute approximate surface area is 208 Å². The van der Waals surface area contributed by atoms with Crippen LogP contribution in [0.2, 0.25) is 0 Å². The Morgan fingerprint density at radius 1 is 0.588 bits per heavy atom. The third-order valence-corrected chi connectivity index (χ3v) is 8.56. The molecule has 0 spiro atoms. The van der Waals surface area contributed by atoms with Crippen molar-refractivity contribution in [2.75, 3.05) is 26.0 Å². The molecular formula is C31H41O2P. The number of rotatable bonds is 17. The van der Waals surface area contributed by atoms with E-state index in [4.69, 9.17) is 9.47 Å². The van der Waals surface area contributed by atoms with Crippen molar-refractivity contribution < 1.29 is 9.47 Å². The molecule has 34 heavy (non-hydrogen) atoms. The first kappa shape index (κ1) is 26.5. The van der Waals surface area contributed by atoms with Crippen LogP contribution >= 0.6 is 7.92 Å². The summed E-state index contributed by atoms with van der Waals surface area (Å²) in [6.45, 7) is 4.23. The van der Waals surface area contributed by atoms with Gasteiger partial charge in [-0.3, -0.25) is 0 Å². The average Bonchev–Trinajstić information content (AvgIpc) is 2.89. The molecule has 0 N–H and O–H groups in total. The Hall–Kier alpha value is -2.15. The molecule has 0 aliphatic carbocycles. The van der Waals surface area contributed by atoms with E-state index in [9.17, 15) is 0 Å². The van der Waals surface area contributed by atoms with Crippen molar-refractivity contribution in [1.82, 2.24) is 0 Å². The zero-order valence-corrected chi connectivity index (χ0v) is 21.7. The smallest absolute Gasteiger partial charge is 0.119 e. The van der Waals surface area contributed by atoms with Crippen LogP contribution in [0, 0.1) is 0 Å². The van der Waals surface area contributed by atoms with Gasteiger partial charge in [-0.1, -0.05) is 118 Å². The predicted octanol–water partition coefficient (Wildman–Crippen LogP) is 7.51. The van der Waals surface area contributed by atoms with Gasteiger partial charge in [0.2, 0.25) is 0 Å². The van der Waals surface area contributed by atoms with Crippen LogP contribution in [0.15, 0.2) is 84.9 Å². The van der Waals surface area contributed by atoms with Crippen molar-refractivity contribution in [3.05, 3.63) is 90.5 Å². The monoisotopic (exact) mass is 476 g/mol. The molecule has 0 saturated carbocycles. The molecule has 0 radical (unpaired) electrons. The number of hydrogen-bond acceptors (Lipinski definition) is 2. The van der Waals surface area contributed by atoms with Crippen molar-refractivity contribution in [3.63, 3.8) is 0 Å². The van der Waals surface area contributed by atoms with E-state index in [2.05, 4.69) is 91.9 Å². The van der Waals surface area contributed by atoms with Crippen molar-refractivity contribution in [3.8, 4) is 5.75 Å². The minimum atomic E-state index is -0.396. The lowest BCUT2D eigenvalue weighted by atomic mass is 10.0. The molecule has 3 aromatic rings. The first-order chi connectivity index (χ1) is 16.9. The molecule has 0 atom stereocenters. The number of unbranched alkanes of at least 4 members (excludes halogenated alkanes) is 6. The SMILES string of the molecule is CCCCCCCCCc1ccc(OCCOCCP(c2ccccc2)c2ccccc2)cc1. The summed E-state index contributed by atoms with van der Waals surface area (Å²) >= 11 is 0. The molecule has 0 aliphatic rings.